The van der Waals surface area contributed by atoms with Gasteiger partial charge in [-0.3, -0.25) is 0 Å². The van der Waals surface area contributed by atoms with Gasteiger partial charge in [-0.25, -0.2) is 9.78 Å². The molecule has 3 nitrogen and oxygen atoms in total. The van der Waals surface area contributed by atoms with E-state index in [1.165, 1.54) is 0 Å². The highest BCUT2D eigenvalue weighted by Gasteiger charge is 2.46. The lowest BCUT2D eigenvalue weighted by Gasteiger charge is -2.09. The summed E-state index contributed by atoms with van der Waals surface area (Å²) in [5, 5.41) is 0.407. The van der Waals surface area contributed by atoms with Crippen LogP contribution in [0, 0.1) is 0 Å². The molecule has 72 valence electrons. The fourth-order valence-electron chi connectivity index (χ4n) is 1.40. The minimum atomic E-state index is -0.449. The number of hydrogen-bond acceptors (Lipinski definition) is 3. The molecule has 1 fully saturated rings. The largest absolute Gasteiger partial charge is 0.243 e. The molecule has 1 aromatic rings. The van der Waals surface area contributed by atoms with Crippen molar-refractivity contribution in [3.05, 3.63) is 27.5 Å². The zero-order valence-corrected chi connectivity index (χ0v) is 9.47. The second-order valence-electron chi connectivity index (χ2n) is 3.23. The average molecular weight is 274 g/mol. The van der Waals surface area contributed by atoms with E-state index in [-0.39, 0.29) is 0 Å². The molecule has 0 unspecified atom stereocenters. The molecule has 0 spiro atoms. The molecule has 0 bridgehead atoms. The van der Waals surface area contributed by atoms with Crippen molar-refractivity contribution in [1.82, 2.24) is 4.98 Å². The minimum absolute atomic E-state index is 0.407. The third-order valence-electron chi connectivity index (χ3n) is 2.29. The molecule has 1 heterocycles. The number of nitrogens with zero attached hydrogens (tertiary/aromatic N) is 2. The van der Waals surface area contributed by atoms with Gasteiger partial charge in [0.15, 0.2) is 0 Å². The van der Waals surface area contributed by atoms with E-state index in [2.05, 4.69) is 25.9 Å². The van der Waals surface area contributed by atoms with Gasteiger partial charge >= 0.3 is 0 Å². The average Bonchev–Trinajstić information content (AvgIpc) is 2.91. The van der Waals surface area contributed by atoms with Crippen molar-refractivity contribution in [2.45, 2.75) is 18.4 Å². The molecule has 0 atom stereocenters. The van der Waals surface area contributed by atoms with Crippen LogP contribution in [0.3, 0.4) is 0 Å². The van der Waals surface area contributed by atoms with E-state index in [9.17, 15) is 4.79 Å². The molecule has 1 aromatic heterocycles. The van der Waals surface area contributed by atoms with Crippen LogP contribution in [0.2, 0.25) is 5.15 Å². The van der Waals surface area contributed by atoms with Crippen molar-refractivity contribution in [3.63, 3.8) is 0 Å². The number of halogens is 2. The Morgan fingerprint density at radius 2 is 2.36 bits per heavy atom. The molecule has 1 aliphatic carbocycles. The third-order valence-corrected chi connectivity index (χ3v) is 3.03. The predicted molar refractivity (Wildman–Crippen MR) is 56.0 cm³/mol. The zero-order chi connectivity index (χ0) is 10.2. The Kier molecular flexibility index (Phi) is 2.43. The van der Waals surface area contributed by atoms with Crippen molar-refractivity contribution in [2.75, 3.05) is 0 Å². The molecule has 0 amide bonds. The van der Waals surface area contributed by atoms with Crippen molar-refractivity contribution in [2.24, 2.45) is 4.99 Å². The standard InChI is InChI=1S/C9H6BrClN2O/c10-6-3-7(8(11)12-4-6)9(1-2-9)13-5-14/h3-4H,1-2H2. The molecule has 0 N–H and O–H groups in total. The summed E-state index contributed by atoms with van der Waals surface area (Å²) in [5.41, 5.74) is 0.354. The normalized spacial score (nSPS) is 17.3. The highest BCUT2D eigenvalue weighted by Crippen LogP contribution is 2.51. The lowest BCUT2D eigenvalue weighted by molar-refractivity contribution is 0.556. The summed E-state index contributed by atoms with van der Waals surface area (Å²) < 4.78 is 0.837. The molecule has 1 saturated carbocycles. The van der Waals surface area contributed by atoms with E-state index in [1.54, 1.807) is 12.3 Å². The van der Waals surface area contributed by atoms with Crippen LogP contribution in [0.1, 0.15) is 18.4 Å². The van der Waals surface area contributed by atoms with Gasteiger partial charge in [0.25, 0.3) is 0 Å². The number of aromatic nitrogens is 1. The van der Waals surface area contributed by atoms with Crippen molar-refractivity contribution in [3.8, 4) is 0 Å². The first kappa shape index (κ1) is 9.84. The summed E-state index contributed by atoms with van der Waals surface area (Å²) in [6, 6.07) is 1.85. The van der Waals surface area contributed by atoms with Crippen molar-refractivity contribution in [1.29, 1.82) is 0 Å². The van der Waals surface area contributed by atoms with Gasteiger partial charge in [0.2, 0.25) is 6.08 Å². The van der Waals surface area contributed by atoms with Gasteiger partial charge in [0, 0.05) is 16.2 Å². The Labute approximate surface area is 94.3 Å². The van der Waals surface area contributed by atoms with Crippen LogP contribution in [0.25, 0.3) is 0 Å². The molecule has 14 heavy (non-hydrogen) atoms. The Bertz CT molecular complexity index is 425. The molecule has 0 aromatic carbocycles. The number of rotatable bonds is 2. The van der Waals surface area contributed by atoms with Gasteiger partial charge in [-0.15, -0.1) is 0 Å². The Morgan fingerprint density at radius 3 is 2.93 bits per heavy atom. The zero-order valence-electron chi connectivity index (χ0n) is 7.13. The monoisotopic (exact) mass is 272 g/mol. The van der Waals surface area contributed by atoms with Crippen LogP contribution in [0.4, 0.5) is 0 Å². The number of hydrogen-bond donors (Lipinski definition) is 0. The summed E-state index contributed by atoms with van der Waals surface area (Å²) in [6.07, 6.45) is 4.87. The highest BCUT2D eigenvalue weighted by atomic mass is 79.9. The SMILES string of the molecule is O=C=NC1(c2cc(Br)cnc2Cl)CC1. The fourth-order valence-corrected chi connectivity index (χ4v) is 2.01. The van der Waals surface area contributed by atoms with Gasteiger partial charge in [-0.05, 0) is 34.8 Å². The maximum atomic E-state index is 10.3. The highest BCUT2D eigenvalue weighted by molar-refractivity contribution is 9.10. The molecule has 1 aliphatic rings. The topological polar surface area (TPSA) is 42.3 Å². The third kappa shape index (κ3) is 1.61. The van der Waals surface area contributed by atoms with Crippen LogP contribution in [-0.4, -0.2) is 11.1 Å². The van der Waals surface area contributed by atoms with Crippen molar-refractivity contribution < 1.29 is 4.79 Å². The summed E-state index contributed by atoms with van der Waals surface area (Å²) in [4.78, 5) is 18.0. The molecule has 0 saturated heterocycles. The second-order valence-corrected chi connectivity index (χ2v) is 4.50. The maximum absolute atomic E-state index is 10.3. The van der Waals surface area contributed by atoms with E-state index >= 15 is 0 Å². The molecule has 5 heteroatoms. The Balaban J connectivity index is 2.50. The first-order valence-electron chi connectivity index (χ1n) is 4.08. The first-order valence-corrected chi connectivity index (χ1v) is 5.26. The summed E-state index contributed by atoms with van der Waals surface area (Å²) in [7, 11) is 0. The van der Waals surface area contributed by atoms with Crippen LogP contribution in [0.15, 0.2) is 21.7 Å². The summed E-state index contributed by atoms with van der Waals surface area (Å²) >= 11 is 9.24. The molecular weight excluding hydrogens is 267 g/mol. The fraction of sp³-hybridized carbons (Fsp3) is 0.333. The quantitative estimate of drug-likeness (QED) is 0.472. The first-order chi connectivity index (χ1) is 6.68. The summed E-state index contributed by atoms with van der Waals surface area (Å²) in [6.45, 7) is 0. The summed E-state index contributed by atoms with van der Waals surface area (Å²) in [5.74, 6) is 0. The van der Waals surface area contributed by atoms with Crippen LogP contribution >= 0.6 is 27.5 Å². The number of isocyanates is 1. The van der Waals surface area contributed by atoms with Gasteiger partial charge < -0.3 is 0 Å². The van der Waals surface area contributed by atoms with Gasteiger partial charge in [-0.2, -0.15) is 4.99 Å². The van der Waals surface area contributed by atoms with Crippen LogP contribution < -0.4 is 0 Å². The molecule has 0 aliphatic heterocycles. The molecule has 0 radical (unpaired) electrons. The molecular formula is C9H6BrClN2O. The number of aliphatic imine (C=N–C) groups is 1. The van der Waals surface area contributed by atoms with E-state index < -0.39 is 5.54 Å². The lowest BCUT2D eigenvalue weighted by atomic mass is 10.1. The molecule has 2 rings (SSSR count). The van der Waals surface area contributed by atoms with E-state index in [1.807, 2.05) is 6.07 Å². The van der Waals surface area contributed by atoms with E-state index in [4.69, 9.17) is 11.6 Å². The van der Waals surface area contributed by atoms with Crippen molar-refractivity contribution >= 4 is 33.6 Å². The minimum Gasteiger partial charge on any atom is -0.243 e. The second kappa shape index (κ2) is 3.46. The number of pyridine rings is 1. The predicted octanol–water partition coefficient (Wildman–Crippen LogP) is 2.82. The van der Waals surface area contributed by atoms with Gasteiger partial charge in [0.1, 0.15) is 10.7 Å². The maximum Gasteiger partial charge on any atom is 0.235 e. The van der Waals surface area contributed by atoms with E-state index in [0.717, 1.165) is 22.9 Å². The van der Waals surface area contributed by atoms with Gasteiger partial charge in [-0.1, -0.05) is 11.6 Å². The lowest BCUT2D eigenvalue weighted by Crippen LogP contribution is -2.04. The van der Waals surface area contributed by atoms with Crippen LogP contribution in [-0.2, 0) is 10.3 Å². The van der Waals surface area contributed by atoms with Gasteiger partial charge in [0.05, 0.1) is 0 Å². The number of carbonyl (C=O) groups excluding carboxylic acids is 1. The van der Waals surface area contributed by atoms with Crippen LogP contribution in [0.5, 0.6) is 0 Å². The van der Waals surface area contributed by atoms with E-state index in [0.29, 0.717) is 5.15 Å². The Morgan fingerprint density at radius 1 is 1.64 bits per heavy atom. The smallest absolute Gasteiger partial charge is 0.235 e. The Hall–Kier alpha value is -0.700.